The van der Waals surface area contributed by atoms with E-state index in [1.54, 1.807) is 24.3 Å². The van der Waals surface area contributed by atoms with Crippen LogP contribution in [-0.4, -0.2) is 25.0 Å². The topological polar surface area (TPSA) is 64.6 Å². The molecule has 0 saturated heterocycles. The first-order chi connectivity index (χ1) is 12.6. The predicted molar refractivity (Wildman–Crippen MR) is 92.1 cm³/mol. The highest BCUT2D eigenvalue weighted by atomic mass is 19.1. The van der Waals surface area contributed by atoms with Gasteiger partial charge in [-0.25, -0.2) is 4.39 Å². The van der Waals surface area contributed by atoms with Gasteiger partial charge in [-0.2, -0.15) is 0 Å². The molecule has 0 spiro atoms. The SMILES string of the molecule is O=C1NC(=O)c2c1cc1ccc3c(c1c2-c1ccc(F)cc1)OCCO3. The van der Waals surface area contributed by atoms with Crippen molar-refractivity contribution in [3.8, 4) is 22.6 Å². The number of amides is 2. The van der Waals surface area contributed by atoms with E-state index in [-0.39, 0.29) is 11.4 Å². The quantitative estimate of drug-likeness (QED) is 0.685. The molecular weight excluding hydrogens is 337 g/mol. The van der Waals surface area contributed by atoms with Crippen LogP contribution in [0.5, 0.6) is 11.5 Å². The number of fused-ring (bicyclic) bond motifs is 4. The molecule has 0 saturated carbocycles. The number of ether oxygens (including phenoxy) is 2. The van der Waals surface area contributed by atoms with E-state index in [0.29, 0.717) is 46.8 Å². The monoisotopic (exact) mass is 349 g/mol. The fraction of sp³-hybridized carbons (Fsp3) is 0.100. The Hall–Kier alpha value is -3.41. The third-order valence-corrected chi connectivity index (χ3v) is 4.64. The number of hydrogen-bond acceptors (Lipinski definition) is 4. The molecule has 3 aromatic carbocycles. The maximum Gasteiger partial charge on any atom is 0.259 e. The van der Waals surface area contributed by atoms with Crippen LogP contribution in [0.25, 0.3) is 21.9 Å². The zero-order valence-electron chi connectivity index (χ0n) is 13.5. The van der Waals surface area contributed by atoms with Crippen LogP contribution in [-0.2, 0) is 0 Å². The van der Waals surface area contributed by atoms with E-state index in [9.17, 15) is 14.0 Å². The maximum atomic E-state index is 13.4. The van der Waals surface area contributed by atoms with Crippen LogP contribution in [0.15, 0.2) is 42.5 Å². The van der Waals surface area contributed by atoms with Crippen LogP contribution in [0.3, 0.4) is 0 Å². The van der Waals surface area contributed by atoms with Crippen molar-refractivity contribution in [1.29, 1.82) is 0 Å². The Morgan fingerprint density at radius 2 is 1.65 bits per heavy atom. The van der Waals surface area contributed by atoms with Gasteiger partial charge in [0.25, 0.3) is 11.8 Å². The van der Waals surface area contributed by atoms with Crippen molar-refractivity contribution in [3.63, 3.8) is 0 Å². The van der Waals surface area contributed by atoms with E-state index in [1.165, 1.54) is 12.1 Å². The second-order valence-corrected chi connectivity index (χ2v) is 6.15. The molecule has 0 aliphatic carbocycles. The molecule has 2 aliphatic heterocycles. The molecule has 26 heavy (non-hydrogen) atoms. The van der Waals surface area contributed by atoms with Gasteiger partial charge in [0.2, 0.25) is 0 Å². The Morgan fingerprint density at radius 1 is 0.885 bits per heavy atom. The second-order valence-electron chi connectivity index (χ2n) is 6.15. The van der Waals surface area contributed by atoms with Crippen LogP contribution >= 0.6 is 0 Å². The van der Waals surface area contributed by atoms with Gasteiger partial charge < -0.3 is 9.47 Å². The number of rotatable bonds is 1. The van der Waals surface area contributed by atoms with Crippen LogP contribution in [0.1, 0.15) is 20.7 Å². The van der Waals surface area contributed by atoms with Gasteiger partial charge in [0.1, 0.15) is 19.0 Å². The predicted octanol–water partition coefficient (Wildman–Crippen LogP) is 3.30. The van der Waals surface area contributed by atoms with Crippen LogP contribution in [0, 0.1) is 5.82 Å². The number of halogens is 1. The van der Waals surface area contributed by atoms with Crippen molar-refractivity contribution in [2.75, 3.05) is 13.2 Å². The molecule has 0 radical (unpaired) electrons. The molecule has 5 nitrogen and oxygen atoms in total. The third-order valence-electron chi connectivity index (χ3n) is 4.64. The molecule has 2 amide bonds. The molecule has 2 aliphatic rings. The molecule has 6 heteroatoms. The standard InChI is InChI=1S/C20H12FNO4/c21-12-4-1-10(2-5-12)15-16-11(3-6-14-18(16)26-8-7-25-14)9-13-17(15)20(24)22-19(13)23/h1-6,9H,7-8H2,(H,22,23,24). The fourth-order valence-electron chi connectivity index (χ4n) is 3.55. The van der Waals surface area contributed by atoms with Crippen LogP contribution < -0.4 is 14.8 Å². The molecule has 0 aromatic heterocycles. The van der Waals surface area contributed by atoms with Gasteiger partial charge in [0, 0.05) is 10.9 Å². The Balaban J connectivity index is 1.95. The largest absolute Gasteiger partial charge is 0.486 e. The fourth-order valence-corrected chi connectivity index (χ4v) is 3.55. The molecule has 2 heterocycles. The molecule has 0 bridgehead atoms. The first-order valence-electron chi connectivity index (χ1n) is 8.14. The Morgan fingerprint density at radius 3 is 2.46 bits per heavy atom. The van der Waals surface area contributed by atoms with Gasteiger partial charge in [0.05, 0.1) is 11.1 Å². The number of benzene rings is 3. The van der Waals surface area contributed by atoms with Crippen molar-refractivity contribution in [3.05, 3.63) is 59.4 Å². The second kappa shape index (κ2) is 5.29. The number of carbonyl (C=O) groups excluding carboxylic acids is 2. The van der Waals surface area contributed by atoms with Crippen molar-refractivity contribution in [2.45, 2.75) is 0 Å². The van der Waals surface area contributed by atoms with Gasteiger partial charge >= 0.3 is 0 Å². The summed E-state index contributed by atoms with van der Waals surface area (Å²) in [6.07, 6.45) is 0. The molecule has 0 unspecified atom stereocenters. The Bertz CT molecular complexity index is 1110. The zero-order valence-corrected chi connectivity index (χ0v) is 13.5. The summed E-state index contributed by atoms with van der Waals surface area (Å²) in [6, 6.07) is 11.1. The number of hydrogen-bond donors (Lipinski definition) is 1. The molecule has 128 valence electrons. The lowest BCUT2D eigenvalue weighted by molar-refractivity contribution is 0.0880. The number of imide groups is 1. The zero-order chi connectivity index (χ0) is 17.8. The van der Waals surface area contributed by atoms with Gasteiger partial charge in [-0.1, -0.05) is 18.2 Å². The minimum atomic E-state index is -0.472. The number of carbonyl (C=O) groups is 2. The lowest BCUT2D eigenvalue weighted by Crippen LogP contribution is -2.20. The molecule has 3 aromatic rings. The minimum Gasteiger partial charge on any atom is -0.486 e. The van der Waals surface area contributed by atoms with E-state index in [4.69, 9.17) is 9.47 Å². The Labute approximate surface area is 147 Å². The van der Waals surface area contributed by atoms with Crippen LogP contribution in [0.2, 0.25) is 0 Å². The average molecular weight is 349 g/mol. The Kier molecular flexibility index (Phi) is 3.03. The summed E-state index contributed by atoms with van der Waals surface area (Å²) >= 11 is 0. The summed E-state index contributed by atoms with van der Waals surface area (Å²) in [5.41, 5.74) is 1.75. The van der Waals surface area contributed by atoms with E-state index in [0.717, 1.165) is 5.39 Å². The molecule has 0 fully saturated rings. The van der Waals surface area contributed by atoms with E-state index in [2.05, 4.69) is 5.32 Å². The van der Waals surface area contributed by atoms with Crippen LogP contribution in [0.4, 0.5) is 4.39 Å². The van der Waals surface area contributed by atoms with Crippen molar-refractivity contribution < 1.29 is 23.5 Å². The molecular formula is C20H12FNO4. The lowest BCUT2D eigenvalue weighted by atomic mass is 9.89. The van der Waals surface area contributed by atoms with Gasteiger partial charge in [-0.05, 0) is 35.2 Å². The maximum absolute atomic E-state index is 13.4. The van der Waals surface area contributed by atoms with E-state index in [1.807, 2.05) is 6.07 Å². The van der Waals surface area contributed by atoms with Gasteiger partial charge in [-0.15, -0.1) is 0 Å². The highest BCUT2D eigenvalue weighted by Crippen LogP contribution is 2.46. The van der Waals surface area contributed by atoms with Gasteiger partial charge in [0.15, 0.2) is 11.5 Å². The molecule has 0 atom stereocenters. The third kappa shape index (κ3) is 2.02. The highest BCUT2D eigenvalue weighted by Gasteiger charge is 2.33. The van der Waals surface area contributed by atoms with Crippen molar-refractivity contribution >= 4 is 22.6 Å². The summed E-state index contributed by atoms with van der Waals surface area (Å²) in [7, 11) is 0. The summed E-state index contributed by atoms with van der Waals surface area (Å²) < 4.78 is 24.9. The smallest absolute Gasteiger partial charge is 0.259 e. The van der Waals surface area contributed by atoms with Crippen molar-refractivity contribution in [2.24, 2.45) is 0 Å². The summed E-state index contributed by atoms with van der Waals surface area (Å²) in [4.78, 5) is 24.7. The summed E-state index contributed by atoms with van der Waals surface area (Å²) in [5, 5.41) is 3.76. The van der Waals surface area contributed by atoms with E-state index >= 15 is 0 Å². The molecule has 5 rings (SSSR count). The first-order valence-corrected chi connectivity index (χ1v) is 8.14. The van der Waals surface area contributed by atoms with Crippen molar-refractivity contribution in [1.82, 2.24) is 5.32 Å². The molecule has 1 N–H and O–H groups in total. The lowest BCUT2D eigenvalue weighted by Gasteiger charge is -2.22. The van der Waals surface area contributed by atoms with Gasteiger partial charge in [-0.3, -0.25) is 14.9 Å². The number of nitrogens with one attached hydrogen (secondary N) is 1. The highest BCUT2D eigenvalue weighted by molar-refractivity contribution is 6.28. The summed E-state index contributed by atoms with van der Waals surface area (Å²) in [5.74, 6) is -0.182. The normalized spacial score (nSPS) is 15.1. The summed E-state index contributed by atoms with van der Waals surface area (Å²) in [6.45, 7) is 0.825. The minimum absolute atomic E-state index is 0.275. The average Bonchev–Trinajstić information content (AvgIpc) is 2.94. The van der Waals surface area contributed by atoms with E-state index < -0.39 is 11.8 Å². The first kappa shape index (κ1) is 14.9.